The van der Waals surface area contributed by atoms with E-state index in [0.717, 1.165) is 11.1 Å². The van der Waals surface area contributed by atoms with E-state index in [2.05, 4.69) is 0 Å². The van der Waals surface area contributed by atoms with Crippen LogP contribution in [0.25, 0.3) is 0 Å². The van der Waals surface area contributed by atoms with Crippen LogP contribution < -0.4 is 0 Å². The third-order valence-corrected chi connectivity index (χ3v) is 4.23. The van der Waals surface area contributed by atoms with Crippen LogP contribution in [0.2, 0.25) is 0 Å². The topological polar surface area (TPSA) is 55.8 Å². The normalized spacial score (nSPS) is 19.5. The first-order valence-corrected chi connectivity index (χ1v) is 7.19. The van der Waals surface area contributed by atoms with Crippen LogP contribution in [0.5, 0.6) is 0 Å². The summed E-state index contributed by atoms with van der Waals surface area (Å²) in [7, 11) is 0. The SMILES string of the molecule is CC1(C(=O)O)OCC(c2ccccc2)(c2ccccc2)CO1. The Labute approximate surface area is 129 Å². The second-order valence-electron chi connectivity index (χ2n) is 5.64. The summed E-state index contributed by atoms with van der Waals surface area (Å²) < 4.78 is 11.3. The number of ether oxygens (including phenoxy) is 2. The lowest BCUT2D eigenvalue weighted by Crippen LogP contribution is -2.54. The Balaban J connectivity index is 2.02. The van der Waals surface area contributed by atoms with Crippen molar-refractivity contribution < 1.29 is 19.4 Å². The highest BCUT2D eigenvalue weighted by Crippen LogP contribution is 2.39. The molecular weight excluding hydrogens is 280 g/mol. The summed E-state index contributed by atoms with van der Waals surface area (Å²) in [5.41, 5.74) is 1.60. The van der Waals surface area contributed by atoms with Crippen LogP contribution in [-0.2, 0) is 19.7 Å². The number of carboxylic acid groups (broad SMARTS) is 1. The van der Waals surface area contributed by atoms with E-state index in [0.29, 0.717) is 0 Å². The molecule has 0 saturated carbocycles. The van der Waals surface area contributed by atoms with Gasteiger partial charge in [-0.3, -0.25) is 0 Å². The third-order valence-electron chi connectivity index (χ3n) is 4.23. The van der Waals surface area contributed by atoms with E-state index in [4.69, 9.17) is 9.47 Å². The Hall–Kier alpha value is -2.17. The Morgan fingerprint density at radius 3 is 1.68 bits per heavy atom. The minimum absolute atomic E-state index is 0.254. The minimum Gasteiger partial charge on any atom is -0.477 e. The van der Waals surface area contributed by atoms with E-state index >= 15 is 0 Å². The van der Waals surface area contributed by atoms with Gasteiger partial charge in [-0.05, 0) is 11.1 Å². The molecule has 0 aliphatic carbocycles. The van der Waals surface area contributed by atoms with E-state index in [1.54, 1.807) is 0 Å². The molecular formula is C18H18O4. The van der Waals surface area contributed by atoms with Crippen molar-refractivity contribution >= 4 is 5.97 Å². The van der Waals surface area contributed by atoms with Crippen molar-refractivity contribution in [3.63, 3.8) is 0 Å². The van der Waals surface area contributed by atoms with Gasteiger partial charge in [-0.1, -0.05) is 60.7 Å². The molecule has 114 valence electrons. The maximum absolute atomic E-state index is 11.3. The van der Waals surface area contributed by atoms with Gasteiger partial charge >= 0.3 is 5.97 Å². The Kier molecular flexibility index (Phi) is 3.72. The molecule has 1 fully saturated rings. The Morgan fingerprint density at radius 1 is 0.909 bits per heavy atom. The number of aliphatic carboxylic acids is 1. The van der Waals surface area contributed by atoms with Gasteiger partial charge in [0.2, 0.25) is 0 Å². The maximum atomic E-state index is 11.3. The van der Waals surface area contributed by atoms with Gasteiger partial charge in [0.05, 0.1) is 18.6 Å². The molecule has 1 saturated heterocycles. The molecule has 0 unspecified atom stereocenters. The molecule has 1 aliphatic rings. The van der Waals surface area contributed by atoms with E-state index in [-0.39, 0.29) is 13.2 Å². The summed E-state index contributed by atoms with van der Waals surface area (Å²) in [5, 5.41) is 9.26. The number of carboxylic acids is 1. The zero-order valence-corrected chi connectivity index (χ0v) is 12.4. The summed E-state index contributed by atoms with van der Waals surface area (Å²) in [6.07, 6.45) is 0. The minimum atomic E-state index is -1.59. The van der Waals surface area contributed by atoms with Gasteiger partial charge in [-0.15, -0.1) is 0 Å². The van der Waals surface area contributed by atoms with Gasteiger partial charge in [0, 0.05) is 6.92 Å². The lowest BCUT2D eigenvalue weighted by atomic mass is 9.75. The van der Waals surface area contributed by atoms with Gasteiger partial charge in [0.15, 0.2) is 0 Å². The van der Waals surface area contributed by atoms with Crippen LogP contribution in [0, 0.1) is 0 Å². The molecule has 2 aromatic rings. The van der Waals surface area contributed by atoms with Crippen LogP contribution in [0.4, 0.5) is 0 Å². The van der Waals surface area contributed by atoms with Crippen molar-refractivity contribution in [3.05, 3.63) is 71.8 Å². The van der Waals surface area contributed by atoms with Gasteiger partial charge in [-0.2, -0.15) is 0 Å². The molecule has 0 spiro atoms. The van der Waals surface area contributed by atoms with Gasteiger partial charge in [0.1, 0.15) is 0 Å². The first-order chi connectivity index (χ1) is 10.6. The second-order valence-corrected chi connectivity index (χ2v) is 5.64. The standard InChI is InChI=1S/C18H18O4/c1-17(16(19)20)21-12-18(13-22-17,14-8-4-2-5-9-14)15-10-6-3-7-11-15/h2-11H,12-13H2,1H3,(H,19,20). The average Bonchev–Trinajstić information content (AvgIpc) is 2.57. The van der Waals surface area contributed by atoms with E-state index < -0.39 is 17.2 Å². The van der Waals surface area contributed by atoms with Crippen molar-refractivity contribution in [2.24, 2.45) is 0 Å². The fourth-order valence-electron chi connectivity index (χ4n) is 2.74. The predicted octanol–water partition coefficient (Wildman–Crippen LogP) is 2.82. The van der Waals surface area contributed by atoms with Crippen LogP contribution in [-0.4, -0.2) is 30.1 Å². The zero-order valence-electron chi connectivity index (χ0n) is 12.4. The molecule has 0 aromatic heterocycles. The summed E-state index contributed by atoms with van der Waals surface area (Å²) in [6.45, 7) is 1.95. The summed E-state index contributed by atoms with van der Waals surface area (Å²) in [6, 6.07) is 19.8. The fraction of sp³-hybridized carbons (Fsp3) is 0.278. The number of rotatable bonds is 3. The van der Waals surface area contributed by atoms with Crippen molar-refractivity contribution in [3.8, 4) is 0 Å². The van der Waals surface area contributed by atoms with Crippen LogP contribution >= 0.6 is 0 Å². The smallest absolute Gasteiger partial charge is 0.364 e. The van der Waals surface area contributed by atoms with Crippen LogP contribution in [0.1, 0.15) is 18.1 Å². The third kappa shape index (κ3) is 2.40. The highest BCUT2D eigenvalue weighted by molar-refractivity contribution is 5.75. The van der Waals surface area contributed by atoms with E-state index in [1.165, 1.54) is 6.92 Å². The first kappa shape index (κ1) is 14.8. The van der Waals surface area contributed by atoms with Crippen molar-refractivity contribution in [1.82, 2.24) is 0 Å². The van der Waals surface area contributed by atoms with Crippen molar-refractivity contribution in [2.45, 2.75) is 18.1 Å². The number of carbonyl (C=O) groups is 1. The van der Waals surface area contributed by atoms with Crippen LogP contribution in [0.3, 0.4) is 0 Å². The summed E-state index contributed by atoms with van der Waals surface area (Å²) in [4.78, 5) is 11.3. The molecule has 0 radical (unpaired) electrons. The molecule has 0 amide bonds. The molecule has 1 aliphatic heterocycles. The van der Waals surface area contributed by atoms with Crippen molar-refractivity contribution in [2.75, 3.05) is 13.2 Å². The summed E-state index contributed by atoms with van der Waals surface area (Å²) >= 11 is 0. The quantitative estimate of drug-likeness (QED) is 0.946. The fourth-order valence-corrected chi connectivity index (χ4v) is 2.74. The zero-order chi connectivity index (χ0) is 15.6. The molecule has 2 aromatic carbocycles. The number of hydrogen-bond acceptors (Lipinski definition) is 3. The highest BCUT2D eigenvalue weighted by atomic mass is 16.7. The largest absolute Gasteiger partial charge is 0.477 e. The predicted molar refractivity (Wildman–Crippen MR) is 81.6 cm³/mol. The molecule has 0 bridgehead atoms. The number of benzene rings is 2. The van der Waals surface area contributed by atoms with Crippen molar-refractivity contribution in [1.29, 1.82) is 0 Å². The molecule has 3 rings (SSSR count). The molecule has 1 heterocycles. The van der Waals surface area contributed by atoms with Gasteiger partial charge in [-0.25, -0.2) is 4.79 Å². The molecule has 22 heavy (non-hydrogen) atoms. The van der Waals surface area contributed by atoms with E-state index in [9.17, 15) is 9.90 Å². The molecule has 0 atom stereocenters. The van der Waals surface area contributed by atoms with Gasteiger partial charge < -0.3 is 14.6 Å². The maximum Gasteiger partial charge on any atom is 0.364 e. The lowest BCUT2D eigenvalue weighted by Gasteiger charge is -2.43. The van der Waals surface area contributed by atoms with Crippen LogP contribution in [0.15, 0.2) is 60.7 Å². The first-order valence-electron chi connectivity index (χ1n) is 7.19. The lowest BCUT2D eigenvalue weighted by molar-refractivity contribution is -0.271. The second kappa shape index (κ2) is 5.55. The molecule has 1 N–H and O–H groups in total. The number of hydrogen-bond donors (Lipinski definition) is 1. The highest BCUT2D eigenvalue weighted by Gasteiger charge is 2.48. The molecule has 4 heteroatoms. The van der Waals surface area contributed by atoms with Gasteiger partial charge in [0.25, 0.3) is 5.79 Å². The average molecular weight is 298 g/mol. The Bertz CT molecular complexity index is 602. The monoisotopic (exact) mass is 298 g/mol. The van der Waals surface area contributed by atoms with E-state index in [1.807, 2.05) is 60.7 Å². The molecule has 4 nitrogen and oxygen atoms in total. The Morgan fingerprint density at radius 2 is 1.32 bits per heavy atom. The summed E-state index contributed by atoms with van der Waals surface area (Å²) in [5.74, 6) is -2.70.